The van der Waals surface area contributed by atoms with Crippen LogP contribution in [0.4, 0.5) is 0 Å². The summed E-state index contributed by atoms with van der Waals surface area (Å²) >= 11 is 3.42. The Hall–Kier alpha value is -2.72. The van der Waals surface area contributed by atoms with Crippen LogP contribution in [0.5, 0.6) is 0 Å². The van der Waals surface area contributed by atoms with Gasteiger partial charge in [-0.3, -0.25) is 14.4 Å². The van der Waals surface area contributed by atoms with Gasteiger partial charge in [0.15, 0.2) is 0 Å². The molecule has 1 N–H and O–H groups in total. The highest BCUT2D eigenvalue weighted by atomic mass is 79.9. The Morgan fingerprint density at radius 1 is 1.15 bits per heavy atom. The fourth-order valence-corrected chi connectivity index (χ4v) is 5.83. The zero-order chi connectivity index (χ0) is 24.9. The summed E-state index contributed by atoms with van der Waals surface area (Å²) in [7, 11) is -3.92. The van der Waals surface area contributed by atoms with Crippen molar-refractivity contribution in [3.8, 4) is 0 Å². The van der Waals surface area contributed by atoms with Crippen molar-refractivity contribution in [1.29, 1.82) is 0 Å². The molecule has 3 amide bonds. The predicted molar refractivity (Wildman–Crippen MR) is 131 cm³/mol. The molecular weight excluding hydrogens is 522 g/mol. The van der Waals surface area contributed by atoms with Crippen LogP contribution in [0.1, 0.15) is 49.0 Å². The zero-order valence-electron chi connectivity index (χ0n) is 19.2. The van der Waals surface area contributed by atoms with Crippen LogP contribution in [-0.4, -0.2) is 54.5 Å². The van der Waals surface area contributed by atoms with Crippen molar-refractivity contribution in [2.45, 2.75) is 50.6 Å². The molecule has 0 fully saturated rings. The van der Waals surface area contributed by atoms with Gasteiger partial charge >= 0.3 is 0 Å². The summed E-state index contributed by atoms with van der Waals surface area (Å²) in [6.07, 6.45) is 0.921. The van der Waals surface area contributed by atoms with Crippen LogP contribution in [0.25, 0.3) is 0 Å². The largest absolute Gasteiger partial charge is 0.354 e. The highest BCUT2D eigenvalue weighted by Crippen LogP contribution is 2.30. The van der Waals surface area contributed by atoms with Gasteiger partial charge in [-0.25, -0.2) is 12.7 Å². The first kappa shape index (κ1) is 25.9. The molecule has 10 heteroatoms. The maximum atomic E-state index is 13.2. The van der Waals surface area contributed by atoms with Crippen molar-refractivity contribution in [3.63, 3.8) is 0 Å². The summed E-state index contributed by atoms with van der Waals surface area (Å²) in [6.45, 7) is 4.25. The van der Waals surface area contributed by atoms with E-state index in [0.29, 0.717) is 6.54 Å². The second-order valence-corrected chi connectivity index (χ2v) is 10.8. The Balaban J connectivity index is 1.70. The lowest BCUT2D eigenvalue weighted by Gasteiger charge is -2.29. The van der Waals surface area contributed by atoms with Crippen molar-refractivity contribution >= 4 is 43.7 Å². The van der Waals surface area contributed by atoms with Crippen LogP contribution in [-0.2, 0) is 26.2 Å². The van der Waals surface area contributed by atoms with Crippen molar-refractivity contribution in [1.82, 2.24) is 14.5 Å². The van der Waals surface area contributed by atoms with Gasteiger partial charge in [0.25, 0.3) is 15.9 Å². The molecule has 2 aromatic rings. The van der Waals surface area contributed by atoms with Crippen LogP contribution in [0, 0.1) is 0 Å². The third-order valence-corrected chi connectivity index (χ3v) is 7.96. The van der Waals surface area contributed by atoms with Crippen LogP contribution < -0.4 is 5.32 Å². The van der Waals surface area contributed by atoms with E-state index in [0.717, 1.165) is 20.8 Å². The average molecular weight is 550 g/mol. The van der Waals surface area contributed by atoms with Crippen molar-refractivity contribution in [2.24, 2.45) is 0 Å². The van der Waals surface area contributed by atoms with Gasteiger partial charge in [0.05, 0.1) is 5.56 Å². The summed E-state index contributed by atoms with van der Waals surface area (Å²) in [6, 6.07) is 12.8. The number of fused-ring (bicyclic) bond motifs is 1. The number of hydrogen-bond donors (Lipinski definition) is 1. The molecule has 0 spiro atoms. The van der Waals surface area contributed by atoms with E-state index in [-0.39, 0.29) is 48.2 Å². The molecule has 1 aliphatic rings. The van der Waals surface area contributed by atoms with E-state index >= 15 is 0 Å². The van der Waals surface area contributed by atoms with Crippen LogP contribution in [0.2, 0.25) is 0 Å². The van der Waals surface area contributed by atoms with Crippen molar-refractivity contribution < 1.29 is 22.8 Å². The van der Waals surface area contributed by atoms with E-state index in [1.807, 2.05) is 31.2 Å². The van der Waals surface area contributed by atoms with Gasteiger partial charge in [-0.15, -0.1) is 0 Å². The number of carbonyl (C=O) groups is 3. The maximum absolute atomic E-state index is 13.2. The van der Waals surface area contributed by atoms with E-state index in [2.05, 4.69) is 21.2 Å². The predicted octanol–water partition coefficient (Wildman–Crippen LogP) is 3.32. The van der Waals surface area contributed by atoms with Gasteiger partial charge in [-0.2, -0.15) is 0 Å². The van der Waals surface area contributed by atoms with E-state index in [9.17, 15) is 22.8 Å². The zero-order valence-corrected chi connectivity index (χ0v) is 21.6. The number of halogens is 1. The third-order valence-electron chi connectivity index (χ3n) is 5.62. The minimum absolute atomic E-state index is 0.00491. The first-order chi connectivity index (χ1) is 16.2. The lowest BCUT2D eigenvalue weighted by Crippen LogP contribution is -2.47. The Morgan fingerprint density at radius 3 is 2.56 bits per heavy atom. The summed E-state index contributed by atoms with van der Waals surface area (Å²) in [4.78, 5) is 39.8. The maximum Gasteiger partial charge on any atom is 0.269 e. The summed E-state index contributed by atoms with van der Waals surface area (Å²) in [5, 5.41) is 2.82. The molecule has 1 heterocycles. The van der Waals surface area contributed by atoms with Crippen LogP contribution in [0.3, 0.4) is 0 Å². The molecular formula is C24H28BrN3O5S. The van der Waals surface area contributed by atoms with Gasteiger partial charge in [0, 0.05) is 30.5 Å². The molecule has 0 radical (unpaired) electrons. The van der Waals surface area contributed by atoms with Crippen LogP contribution >= 0.6 is 15.9 Å². The molecule has 1 aliphatic heterocycles. The quantitative estimate of drug-likeness (QED) is 0.489. The molecule has 0 aromatic heterocycles. The lowest BCUT2D eigenvalue weighted by atomic mass is 10.1. The molecule has 34 heavy (non-hydrogen) atoms. The molecule has 0 unspecified atom stereocenters. The number of hydrogen-bond acceptors (Lipinski definition) is 5. The number of amides is 3. The van der Waals surface area contributed by atoms with E-state index in [4.69, 9.17) is 0 Å². The second kappa shape index (κ2) is 11.1. The highest BCUT2D eigenvalue weighted by Gasteiger charge is 2.40. The number of nitrogens with one attached hydrogen (secondary N) is 1. The van der Waals surface area contributed by atoms with Gasteiger partial charge in [0.2, 0.25) is 11.8 Å². The summed E-state index contributed by atoms with van der Waals surface area (Å²) < 4.78 is 27.1. The number of sulfonamides is 1. The molecule has 182 valence electrons. The molecule has 8 nitrogen and oxygen atoms in total. The summed E-state index contributed by atoms with van der Waals surface area (Å²) in [5.74, 6) is -1.13. The average Bonchev–Trinajstić information content (AvgIpc) is 3.01. The Labute approximate surface area is 208 Å². The van der Waals surface area contributed by atoms with Gasteiger partial charge in [-0.1, -0.05) is 47.1 Å². The molecule has 1 atom stereocenters. The van der Waals surface area contributed by atoms with Gasteiger partial charge in [-0.05, 0) is 49.6 Å². The number of rotatable bonds is 10. The fraction of sp³-hybridized carbons (Fsp3) is 0.375. The lowest BCUT2D eigenvalue weighted by molar-refractivity contribution is -0.140. The van der Waals surface area contributed by atoms with Gasteiger partial charge < -0.3 is 10.2 Å². The van der Waals surface area contributed by atoms with Gasteiger partial charge in [0.1, 0.15) is 10.9 Å². The highest BCUT2D eigenvalue weighted by molar-refractivity contribution is 9.10. The number of nitrogens with zero attached hydrogens (tertiary/aromatic N) is 2. The Morgan fingerprint density at radius 2 is 1.88 bits per heavy atom. The topological polar surface area (TPSA) is 104 Å². The Bertz CT molecular complexity index is 1180. The number of carbonyl (C=O) groups excluding carboxylic acids is 3. The summed E-state index contributed by atoms with van der Waals surface area (Å²) in [5.41, 5.74) is 0.997. The molecule has 3 rings (SSSR count). The molecule has 0 saturated carbocycles. The van der Waals surface area contributed by atoms with Crippen molar-refractivity contribution in [3.05, 3.63) is 64.1 Å². The normalized spacial score (nSPS) is 15.0. The monoisotopic (exact) mass is 549 g/mol. The molecule has 0 aliphatic carbocycles. The SMILES string of the molecule is CCCNC(=O)[C@@H](C)N(Cc1cccc(Br)c1)C(=O)CCCN1C(=O)c2ccccc2S1(=O)=O. The minimum Gasteiger partial charge on any atom is -0.354 e. The molecule has 0 bridgehead atoms. The first-order valence-corrected chi connectivity index (χ1v) is 13.4. The Kier molecular flexibility index (Phi) is 8.48. The minimum atomic E-state index is -3.92. The number of benzene rings is 2. The first-order valence-electron chi connectivity index (χ1n) is 11.1. The molecule has 2 aromatic carbocycles. The van der Waals surface area contributed by atoms with Crippen LogP contribution in [0.15, 0.2) is 57.9 Å². The van der Waals surface area contributed by atoms with Crippen molar-refractivity contribution in [2.75, 3.05) is 13.1 Å². The fourth-order valence-electron chi connectivity index (χ4n) is 3.78. The third kappa shape index (κ3) is 5.67. The standard InChI is InChI=1S/C24H28BrN3O5S/c1-3-13-26-23(30)17(2)27(16-18-8-6-9-19(25)15-18)22(29)12-7-14-28-24(31)20-10-4-5-11-21(20)34(28,32)33/h4-6,8-11,15,17H,3,7,12-14,16H2,1-2H3,(H,26,30)/t17-/m1/s1. The van der Waals surface area contributed by atoms with E-state index in [1.54, 1.807) is 19.1 Å². The molecule has 0 saturated heterocycles. The van der Waals surface area contributed by atoms with E-state index < -0.39 is 22.0 Å². The second-order valence-electron chi connectivity index (χ2n) is 8.10. The van der Waals surface area contributed by atoms with E-state index in [1.165, 1.54) is 17.0 Å². The smallest absolute Gasteiger partial charge is 0.269 e.